The van der Waals surface area contributed by atoms with Crippen LogP contribution in [0, 0.1) is 5.92 Å². The summed E-state index contributed by atoms with van der Waals surface area (Å²) in [6.45, 7) is 2.96. The van der Waals surface area contributed by atoms with Gasteiger partial charge >= 0.3 is 6.18 Å². The van der Waals surface area contributed by atoms with Crippen LogP contribution < -0.4 is 16.4 Å². The maximum atomic E-state index is 12.6. The van der Waals surface area contributed by atoms with Crippen molar-refractivity contribution in [1.82, 2.24) is 10.6 Å². The van der Waals surface area contributed by atoms with Gasteiger partial charge in [0, 0.05) is 0 Å². The van der Waals surface area contributed by atoms with Crippen molar-refractivity contribution in [3.8, 4) is 0 Å². The van der Waals surface area contributed by atoms with Gasteiger partial charge in [-0.15, -0.1) is 0 Å². The molecular weight excluding hydrogens is 263 g/mol. The van der Waals surface area contributed by atoms with Gasteiger partial charge < -0.3 is 16.4 Å². The third kappa shape index (κ3) is 3.82. The number of carbonyl (C=O) groups excluding carboxylic acids is 2. The van der Waals surface area contributed by atoms with E-state index in [9.17, 15) is 22.8 Å². The molecule has 1 aliphatic carbocycles. The lowest BCUT2D eigenvalue weighted by atomic mass is 10.1. The van der Waals surface area contributed by atoms with Crippen LogP contribution in [0.15, 0.2) is 0 Å². The fourth-order valence-electron chi connectivity index (χ4n) is 1.50. The van der Waals surface area contributed by atoms with Crippen molar-refractivity contribution in [3.05, 3.63) is 0 Å². The summed E-state index contributed by atoms with van der Waals surface area (Å²) in [5, 5.41) is 4.13. The van der Waals surface area contributed by atoms with Crippen molar-refractivity contribution < 1.29 is 22.8 Å². The lowest BCUT2D eigenvalue weighted by Crippen LogP contribution is -2.52. The zero-order valence-electron chi connectivity index (χ0n) is 10.8. The number of amides is 2. The highest BCUT2D eigenvalue weighted by Crippen LogP contribution is 2.48. The third-order valence-electron chi connectivity index (χ3n) is 3.12. The molecule has 5 nitrogen and oxygen atoms in total. The number of hydrogen-bond donors (Lipinski definition) is 3. The van der Waals surface area contributed by atoms with Gasteiger partial charge in [-0.2, -0.15) is 13.2 Å². The molecule has 0 aliphatic heterocycles. The van der Waals surface area contributed by atoms with Crippen LogP contribution in [0.25, 0.3) is 0 Å². The largest absolute Gasteiger partial charge is 0.411 e. The number of halogens is 3. The fraction of sp³-hybridized carbons (Fsp3) is 0.818. The highest BCUT2D eigenvalue weighted by Gasteiger charge is 2.64. The molecule has 110 valence electrons. The molecule has 1 aliphatic rings. The monoisotopic (exact) mass is 281 g/mol. The molecule has 1 saturated carbocycles. The van der Waals surface area contributed by atoms with Crippen LogP contribution in [0.4, 0.5) is 13.2 Å². The zero-order valence-corrected chi connectivity index (χ0v) is 10.8. The van der Waals surface area contributed by atoms with Gasteiger partial charge in [-0.1, -0.05) is 13.8 Å². The van der Waals surface area contributed by atoms with Crippen LogP contribution >= 0.6 is 0 Å². The summed E-state index contributed by atoms with van der Waals surface area (Å²) in [6.07, 6.45) is -4.70. The van der Waals surface area contributed by atoms with Gasteiger partial charge in [0.25, 0.3) is 0 Å². The van der Waals surface area contributed by atoms with Gasteiger partial charge in [-0.05, 0) is 18.8 Å². The van der Waals surface area contributed by atoms with E-state index in [-0.39, 0.29) is 18.8 Å². The first-order valence-corrected chi connectivity index (χ1v) is 6.00. The van der Waals surface area contributed by atoms with Crippen molar-refractivity contribution in [1.29, 1.82) is 0 Å². The highest BCUT2D eigenvalue weighted by molar-refractivity contribution is 5.87. The molecule has 0 radical (unpaired) electrons. The predicted octanol–water partition coefficient (Wildman–Crippen LogP) is 0.297. The Balaban J connectivity index is 2.40. The van der Waals surface area contributed by atoms with Crippen LogP contribution in [0.2, 0.25) is 0 Å². The summed E-state index contributed by atoms with van der Waals surface area (Å²) < 4.78 is 37.7. The Morgan fingerprint density at radius 2 is 1.84 bits per heavy atom. The summed E-state index contributed by atoms with van der Waals surface area (Å²) in [5.74, 6) is -1.53. The van der Waals surface area contributed by atoms with E-state index in [0.29, 0.717) is 0 Å². The quantitative estimate of drug-likeness (QED) is 0.677. The van der Waals surface area contributed by atoms with Gasteiger partial charge in [-0.25, -0.2) is 0 Å². The summed E-state index contributed by atoms with van der Waals surface area (Å²) in [5.41, 5.74) is 3.43. The molecule has 0 aromatic rings. The molecule has 0 bridgehead atoms. The normalized spacial score (nSPS) is 18.9. The van der Waals surface area contributed by atoms with E-state index < -0.39 is 36.1 Å². The average Bonchev–Trinajstić information content (AvgIpc) is 3.04. The summed E-state index contributed by atoms with van der Waals surface area (Å²) in [6, 6.07) is -0.787. The molecule has 1 atom stereocenters. The molecule has 0 aromatic heterocycles. The maximum absolute atomic E-state index is 12.6. The summed E-state index contributed by atoms with van der Waals surface area (Å²) in [7, 11) is 0. The molecule has 0 aromatic carbocycles. The maximum Gasteiger partial charge on any atom is 0.411 e. The molecule has 19 heavy (non-hydrogen) atoms. The third-order valence-corrected chi connectivity index (χ3v) is 3.12. The van der Waals surface area contributed by atoms with Crippen LogP contribution in [0.5, 0.6) is 0 Å². The minimum atomic E-state index is -4.46. The molecule has 4 N–H and O–H groups in total. The van der Waals surface area contributed by atoms with E-state index >= 15 is 0 Å². The van der Waals surface area contributed by atoms with E-state index in [2.05, 4.69) is 5.32 Å². The van der Waals surface area contributed by atoms with E-state index in [1.807, 2.05) is 5.32 Å². The molecule has 0 unspecified atom stereocenters. The first-order chi connectivity index (χ1) is 8.59. The topological polar surface area (TPSA) is 84.2 Å². The van der Waals surface area contributed by atoms with Crippen molar-refractivity contribution in [3.63, 3.8) is 0 Å². The van der Waals surface area contributed by atoms with Gasteiger partial charge in [0.05, 0.1) is 12.6 Å². The van der Waals surface area contributed by atoms with E-state index in [1.165, 1.54) is 0 Å². The van der Waals surface area contributed by atoms with Crippen LogP contribution in [0.3, 0.4) is 0 Å². The van der Waals surface area contributed by atoms with Crippen molar-refractivity contribution in [2.45, 2.75) is 44.4 Å². The second kappa shape index (κ2) is 5.36. The lowest BCUT2D eigenvalue weighted by Gasteiger charge is -2.21. The van der Waals surface area contributed by atoms with Crippen LogP contribution in [-0.2, 0) is 9.59 Å². The Morgan fingerprint density at radius 3 is 2.21 bits per heavy atom. The van der Waals surface area contributed by atoms with Crippen molar-refractivity contribution in [2.24, 2.45) is 11.7 Å². The molecule has 0 heterocycles. The molecule has 0 saturated heterocycles. The average molecular weight is 281 g/mol. The number of nitrogens with two attached hydrogens (primary N) is 1. The second-order valence-corrected chi connectivity index (χ2v) is 5.12. The Bertz CT molecular complexity index is 365. The van der Waals surface area contributed by atoms with Gasteiger partial charge in [0.15, 0.2) is 0 Å². The van der Waals surface area contributed by atoms with E-state index in [1.54, 1.807) is 13.8 Å². The minimum absolute atomic E-state index is 0.118. The highest BCUT2D eigenvalue weighted by atomic mass is 19.4. The van der Waals surface area contributed by atoms with Crippen LogP contribution in [-0.4, -0.2) is 36.1 Å². The SMILES string of the molecule is CC(C)[C@H](N)C(=O)NCC(=O)NC1(C(F)(F)F)CC1. The molecular formula is C11H18F3N3O2. The lowest BCUT2D eigenvalue weighted by molar-refractivity contribution is -0.170. The summed E-state index contributed by atoms with van der Waals surface area (Å²) >= 11 is 0. The Labute approximate surface area is 109 Å². The molecule has 2 amide bonds. The number of rotatable bonds is 5. The minimum Gasteiger partial charge on any atom is -0.346 e. The van der Waals surface area contributed by atoms with Crippen molar-refractivity contribution in [2.75, 3.05) is 6.54 Å². The predicted molar refractivity (Wildman–Crippen MR) is 62.0 cm³/mol. The molecule has 8 heteroatoms. The smallest absolute Gasteiger partial charge is 0.346 e. The number of carbonyl (C=O) groups is 2. The van der Waals surface area contributed by atoms with E-state index in [0.717, 1.165) is 0 Å². The standard InChI is InChI=1S/C11H18F3N3O2/c1-6(2)8(15)9(19)16-5-7(18)17-10(3-4-10)11(12,13)14/h6,8H,3-5,15H2,1-2H3,(H,16,19)(H,17,18)/t8-/m0/s1. The van der Waals surface area contributed by atoms with E-state index in [4.69, 9.17) is 5.73 Å². The number of alkyl halides is 3. The Hall–Kier alpha value is -1.31. The molecule has 0 spiro atoms. The van der Waals surface area contributed by atoms with Crippen molar-refractivity contribution >= 4 is 11.8 Å². The molecule has 1 fully saturated rings. The number of hydrogen-bond acceptors (Lipinski definition) is 3. The first kappa shape index (κ1) is 15.7. The van der Waals surface area contributed by atoms with Gasteiger partial charge in [0.2, 0.25) is 11.8 Å². The zero-order chi connectivity index (χ0) is 14.8. The first-order valence-electron chi connectivity index (χ1n) is 6.00. The molecule has 1 rings (SSSR count). The van der Waals surface area contributed by atoms with Gasteiger partial charge in [-0.3, -0.25) is 9.59 Å². The Morgan fingerprint density at radius 1 is 1.32 bits per heavy atom. The second-order valence-electron chi connectivity index (χ2n) is 5.12. The van der Waals surface area contributed by atoms with Crippen LogP contribution in [0.1, 0.15) is 26.7 Å². The Kier molecular flexibility index (Phi) is 4.44. The number of nitrogens with one attached hydrogen (secondary N) is 2. The fourth-order valence-corrected chi connectivity index (χ4v) is 1.50. The summed E-state index contributed by atoms with van der Waals surface area (Å²) in [4.78, 5) is 22.8. The van der Waals surface area contributed by atoms with Gasteiger partial charge in [0.1, 0.15) is 5.54 Å².